The van der Waals surface area contributed by atoms with Crippen molar-refractivity contribution < 1.29 is 8.42 Å². The summed E-state index contributed by atoms with van der Waals surface area (Å²) in [6.45, 7) is 2.28. The first kappa shape index (κ1) is 17.4. The van der Waals surface area contributed by atoms with E-state index in [9.17, 15) is 8.42 Å². The van der Waals surface area contributed by atoms with Gasteiger partial charge in [0, 0.05) is 12.7 Å². The van der Waals surface area contributed by atoms with Crippen molar-refractivity contribution in [1.29, 1.82) is 0 Å². The number of rotatable bonds is 6. The first-order valence-electron chi connectivity index (χ1n) is 7.24. The van der Waals surface area contributed by atoms with Crippen molar-refractivity contribution in [3.8, 4) is 0 Å². The Morgan fingerprint density at radius 3 is 2.48 bits per heavy atom. The highest BCUT2D eigenvalue weighted by Gasteiger charge is 2.22. The number of aromatic nitrogens is 1. The second-order valence-corrected chi connectivity index (χ2v) is 7.43. The number of pyridine rings is 1. The normalized spacial score (nSPS) is 13.2. The van der Waals surface area contributed by atoms with Crippen LogP contribution < -0.4 is 10.5 Å². The summed E-state index contributed by atoms with van der Waals surface area (Å²) >= 11 is 0. The van der Waals surface area contributed by atoms with E-state index in [-0.39, 0.29) is 10.9 Å². The monoisotopic (exact) mass is 334 g/mol. The first-order chi connectivity index (χ1) is 10.8. The second-order valence-electron chi connectivity index (χ2n) is 5.72. The molecule has 2 aromatic rings. The fourth-order valence-electron chi connectivity index (χ4n) is 2.22. The fraction of sp³-hybridized carbons (Fsp3) is 0.312. The fourth-order valence-corrected chi connectivity index (χ4v) is 3.47. The van der Waals surface area contributed by atoms with Crippen LogP contribution in [0.1, 0.15) is 17.2 Å². The lowest BCUT2D eigenvalue weighted by Gasteiger charge is -2.22. The predicted molar refractivity (Wildman–Crippen MR) is 91.4 cm³/mol. The largest absolute Gasteiger partial charge is 0.383 e. The van der Waals surface area contributed by atoms with Gasteiger partial charge in [0.05, 0.1) is 6.04 Å². The molecule has 1 atom stereocenters. The SMILES string of the molecule is Cc1cc(S(=O)(=O)NC(CN(C)C)c2ccccc2)cnc1N. The number of likely N-dealkylation sites (N-methyl/N-ethyl adjacent to an activating group) is 1. The first-order valence-corrected chi connectivity index (χ1v) is 8.72. The van der Waals surface area contributed by atoms with E-state index in [2.05, 4.69) is 9.71 Å². The molecule has 7 heteroatoms. The highest BCUT2D eigenvalue weighted by molar-refractivity contribution is 7.89. The summed E-state index contributed by atoms with van der Waals surface area (Å²) < 4.78 is 28.1. The van der Waals surface area contributed by atoms with Gasteiger partial charge >= 0.3 is 0 Å². The van der Waals surface area contributed by atoms with Crippen molar-refractivity contribution in [2.75, 3.05) is 26.4 Å². The molecule has 1 unspecified atom stereocenters. The Bertz CT molecular complexity index is 761. The van der Waals surface area contributed by atoms with E-state index in [1.165, 1.54) is 12.3 Å². The number of anilines is 1. The van der Waals surface area contributed by atoms with Crippen LogP contribution in [0.25, 0.3) is 0 Å². The van der Waals surface area contributed by atoms with Crippen LogP contribution in [0.2, 0.25) is 0 Å². The molecule has 23 heavy (non-hydrogen) atoms. The van der Waals surface area contributed by atoms with Crippen LogP contribution in [-0.2, 0) is 10.0 Å². The lowest BCUT2D eigenvalue weighted by atomic mass is 10.1. The summed E-state index contributed by atoms with van der Waals surface area (Å²) in [5.74, 6) is 0.330. The molecule has 0 saturated carbocycles. The third kappa shape index (κ3) is 4.51. The molecule has 6 nitrogen and oxygen atoms in total. The van der Waals surface area contributed by atoms with Gasteiger partial charge in [0.1, 0.15) is 10.7 Å². The smallest absolute Gasteiger partial charge is 0.242 e. The highest BCUT2D eigenvalue weighted by atomic mass is 32.2. The molecule has 124 valence electrons. The molecule has 0 aliphatic rings. The maximum absolute atomic E-state index is 12.7. The third-order valence-corrected chi connectivity index (χ3v) is 4.89. The summed E-state index contributed by atoms with van der Waals surface area (Å²) in [6.07, 6.45) is 1.28. The van der Waals surface area contributed by atoms with Crippen molar-refractivity contribution in [1.82, 2.24) is 14.6 Å². The van der Waals surface area contributed by atoms with Crippen molar-refractivity contribution in [2.24, 2.45) is 0 Å². The minimum atomic E-state index is -3.69. The van der Waals surface area contributed by atoms with Crippen LogP contribution in [0.3, 0.4) is 0 Å². The van der Waals surface area contributed by atoms with E-state index in [1.807, 2.05) is 49.3 Å². The molecular weight excluding hydrogens is 312 g/mol. The molecule has 3 N–H and O–H groups in total. The Morgan fingerprint density at radius 2 is 1.91 bits per heavy atom. The standard InChI is InChI=1S/C16H22N4O2S/c1-12-9-14(10-18-16(12)17)23(21,22)19-15(11-20(2)3)13-7-5-4-6-8-13/h4-10,15,19H,11H2,1-3H3,(H2,17,18). The zero-order valence-corrected chi connectivity index (χ0v) is 14.3. The zero-order chi connectivity index (χ0) is 17.0. The van der Waals surface area contributed by atoms with Gasteiger partial charge in [-0.3, -0.25) is 0 Å². The number of nitrogens with one attached hydrogen (secondary N) is 1. The number of nitrogen functional groups attached to an aromatic ring is 1. The van der Waals surface area contributed by atoms with Gasteiger partial charge in [0.2, 0.25) is 10.0 Å². The molecule has 1 aromatic carbocycles. The quantitative estimate of drug-likeness (QED) is 0.837. The van der Waals surface area contributed by atoms with Crippen LogP contribution in [0.4, 0.5) is 5.82 Å². The summed E-state index contributed by atoms with van der Waals surface area (Å²) in [5, 5.41) is 0. The Kier molecular flexibility index (Phi) is 5.35. The van der Waals surface area contributed by atoms with Crippen molar-refractivity contribution >= 4 is 15.8 Å². The van der Waals surface area contributed by atoms with E-state index < -0.39 is 10.0 Å². The predicted octanol–water partition coefficient (Wildman–Crippen LogP) is 1.55. The number of nitrogens with zero attached hydrogens (tertiary/aromatic N) is 2. The van der Waals surface area contributed by atoms with Crippen LogP contribution in [0, 0.1) is 6.92 Å². The molecule has 0 radical (unpaired) electrons. The number of benzene rings is 1. The molecule has 0 bridgehead atoms. The molecule has 0 fully saturated rings. The molecule has 0 amide bonds. The molecular formula is C16H22N4O2S. The van der Waals surface area contributed by atoms with Gasteiger partial charge in [-0.25, -0.2) is 18.1 Å². The lowest BCUT2D eigenvalue weighted by molar-refractivity contribution is 0.363. The number of sulfonamides is 1. The van der Waals surface area contributed by atoms with Gasteiger partial charge in [0.15, 0.2) is 0 Å². The van der Waals surface area contributed by atoms with Gasteiger partial charge in [-0.2, -0.15) is 0 Å². The van der Waals surface area contributed by atoms with Crippen LogP contribution in [-0.4, -0.2) is 38.9 Å². The number of hydrogen-bond acceptors (Lipinski definition) is 5. The molecule has 0 saturated heterocycles. The molecule has 0 spiro atoms. The van der Waals surface area contributed by atoms with Gasteiger partial charge in [-0.1, -0.05) is 30.3 Å². The Morgan fingerprint density at radius 1 is 1.26 bits per heavy atom. The molecule has 1 heterocycles. The molecule has 1 aromatic heterocycles. The van der Waals surface area contributed by atoms with Crippen molar-refractivity contribution in [2.45, 2.75) is 17.9 Å². The van der Waals surface area contributed by atoms with Crippen LogP contribution >= 0.6 is 0 Å². The van der Waals surface area contributed by atoms with Crippen LogP contribution in [0.5, 0.6) is 0 Å². The van der Waals surface area contributed by atoms with Gasteiger partial charge in [-0.05, 0) is 38.2 Å². The van der Waals surface area contributed by atoms with Gasteiger partial charge in [0.25, 0.3) is 0 Å². The van der Waals surface area contributed by atoms with Crippen LogP contribution in [0.15, 0.2) is 47.5 Å². The average molecular weight is 334 g/mol. The van der Waals surface area contributed by atoms with E-state index >= 15 is 0 Å². The number of nitrogens with two attached hydrogens (primary N) is 1. The topological polar surface area (TPSA) is 88.3 Å². The van der Waals surface area contributed by atoms with E-state index in [0.717, 1.165) is 5.56 Å². The summed E-state index contributed by atoms with van der Waals surface area (Å²) in [4.78, 5) is 5.99. The van der Waals surface area contributed by atoms with E-state index in [4.69, 9.17) is 5.73 Å². The zero-order valence-electron chi connectivity index (χ0n) is 13.5. The van der Waals surface area contributed by atoms with E-state index in [1.54, 1.807) is 6.92 Å². The maximum Gasteiger partial charge on any atom is 0.242 e. The minimum absolute atomic E-state index is 0.115. The Hall–Kier alpha value is -1.96. The summed E-state index contributed by atoms with van der Waals surface area (Å²) in [7, 11) is 0.117. The second kappa shape index (κ2) is 7.08. The maximum atomic E-state index is 12.7. The highest BCUT2D eigenvalue weighted by Crippen LogP contribution is 2.19. The average Bonchev–Trinajstić information content (AvgIpc) is 2.49. The third-order valence-electron chi connectivity index (χ3n) is 3.45. The summed E-state index contributed by atoms with van der Waals surface area (Å²) in [5.41, 5.74) is 7.20. The van der Waals surface area contributed by atoms with Crippen molar-refractivity contribution in [3.63, 3.8) is 0 Å². The molecule has 2 rings (SSSR count). The Labute approximate surface area is 137 Å². The van der Waals surface area contributed by atoms with Crippen molar-refractivity contribution in [3.05, 3.63) is 53.7 Å². The molecule has 0 aliphatic heterocycles. The van der Waals surface area contributed by atoms with E-state index in [0.29, 0.717) is 17.9 Å². The molecule has 0 aliphatic carbocycles. The van der Waals surface area contributed by atoms with Gasteiger partial charge < -0.3 is 10.6 Å². The Balaban J connectivity index is 2.32. The summed E-state index contributed by atoms with van der Waals surface area (Å²) in [6, 6.07) is 10.7. The van der Waals surface area contributed by atoms with Gasteiger partial charge in [-0.15, -0.1) is 0 Å². The number of aryl methyl sites for hydroxylation is 1. The lowest BCUT2D eigenvalue weighted by Crippen LogP contribution is -2.35. The minimum Gasteiger partial charge on any atom is -0.383 e. The number of hydrogen-bond donors (Lipinski definition) is 2.